The second kappa shape index (κ2) is 7.74. The molecule has 25 heavy (non-hydrogen) atoms. The summed E-state index contributed by atoms with van der Waals surface area (Å²) >= 11 is 6.25. The van der Waals surface area contributed by atoms with Gasteiger partial charge in [-0.05, 0) is 43.6 Å². The summed E-state index contributed by atoms with van der Waals surface area (Å²) in [6, 6.07) is 3.01. The highest BCUT2D eigenvalue weighted by Crippen LogP contribution is 2.33. The molecule has 0 atom stereocenters. The second-order valence-corrected chi connectivity index (χ2v) is 14.2. The summed E-state index contributed by atoms with van der Waals surface area (Å²) in [7, 11) is -1.13. The molecule has 0 aromatic carbocycles. The fourth-order valence-electron chi connectivity index (χ4n) is 3.35. The summed E-state index contributed by atoms with van der Waals surface area (Å²) in [6.07, 6.45) is 2.90. The number of hydrogen-bond acceptors (Lipinski definition) is 4. The summed E-state index contributed by atoms with van der Waals surface area (Å²) < 4.78 is 5.78. The van der Waals surface area contributed by atoms with Crippen LogP contribution in [0.4, 0.5) is 5.82 Å². The molecule has 0 N–H and O–H groups in total. The largest absolute Gasteiger partial charge is 0.361 e. The number of likely N-dealkylation sites (tertiary alicyclic amines) is 1. The van der Waals surface area contributed by atoms with Crippen molar-refractivity contribution >= 4 is 31.4 Å². The van der Waals surface area contributed by atoms with E-state index in [2.05, 4.69) is 29.5 Å². The maximum Gasteiger partial charge on any atom is 0.234 e. The highest BCUT2D eigenvalue weighted by molar-refractivity contribution is 6.76. The van der Waals surface area contributed by atoms with Crippen molar-refractivity contribution in [3.8, 4) is 0 Å². The van der Waals surface area contributed by atoms with Crippen LogP contribution < -0.4 is 4.90 Å². The van der Waals surface area contributed by atoms with E-state index < -0.39 is 8.07 Å². The Labute approximate surface area is 156 Å². The zero-order chi connectivity index (χ0) is 18.0. The third-order valence-electron chi connectivity index (χ3n) is 4.86. The smallest absolute Gasteiger partial charge is 0.234 e. The normalized spacial score (nSPS) is 18.2. The van der Waals surface area contributed by atoms with Crippen molar-refractivity contribution in [2.24, 2.45) is 0 Å². The van der Waals surface area contributed by atoms with E-state index in [9.17, 15) is 4.79 Å². The van der Waals surface area contributed by atoms with E-state index in [0.29, 0.717) is 24.0 Å². The molecule has 1 amide bonds. The van der Waals surface area contributed by atoms with Crippen LogP contribution in [0.5, 0.6) is 0 Å². The van der Waals surface area contributed by atoms with E-state index >= 15 is 0 Å². The van der Waals surface area contributed by atoms with Gasteiger partial charge in [0.05, 0.1) is 6.42 Å². The Morgan fingerprint density at radius 1 is 1.28 bits per heavy atom. The summed E-state index contributed by atoms with van der Waals surface area (Å²) in [5.41, 5.74) is 2.16. The fourth-order valence-corrected chi connectivity index (χ4v) is 4.31. The summed E-state index contributed by atoms with van der Waals surface area (Å²) in [4.78, 5) is 21.0. The molecule has 0 radical (unpaired) electrons. The van der Waals surface area contributed by atoms with Crippen LogP contribution in [0.3, 0.4) is 0 Å². The van der Waals surface area contributed by atoms with Crippen LogP contribution in [0.2, 0.25) is 30.8 Å². The topological polar surface area (TPSA) is 45.7 Å². The van der Waals surface area contributed by atoms with Crippen LogP contribution >= 0.6 is 11.6 Å². The number of pyridine rings is 1. The van der Waals surface area contributed by atoms with E-state index in [1.54, 1.807) is 4.90 Å². The first kappa shape index (κ1) is 18.8. The van der Waals surface area contributed by atoms with Gasteiger partial charge in [-0.15, -0.1) is 0 Å². The maximum absolute atomic E-state index is 12.5. The van der Waals surface area contributed by atoms with Crippen LogP contribution in [-0.2, 0) is 22.5 Å². The lowest BCUT2D eigenvalue weighted by Crippen LogP contribution is -2.31. The van der Waals surface area contributed by atoms with Gasteiger partial charge in [-0.1, -0.05) is 31.2 Å². The SMILES string of the molecule is C[Si](C)(C)CCOCN1C(=O)Cc2c(CN3CCCC3)cc(Cl)nc21. The number of amides is 1. The molecule has 0 saturated carbocycles. The molecule has 1 aromatic heterocycles. The van der Waals surface area contributed by atoms with Gasteiger partial charge < -0.3 is 4.74 Å². The third kappa shape index (κ3) is 4.81. The quantitative estimate of drug-likeness (QED) is 0.411. The van der Waals surface area contributed by atoms with Crippen molar-refractivity contribution in [3.63, 3.8) is 0 Å². The molecule has 2 aliphatic heterocycles. The van der Waals surface area contributed by atoms with E-state index in [1.807, 2.05) is 6.07 Å². The molecule has 3 heterocycles. The molecule has 3 rings (SSSR count). The Hall–Kier alpha value is -0.953. The lowest BCUT2D eigenvalue weighted by atomic mass is 10.1. The molecular weight excluding hydrogens is 354 g/mol. The van der Waals surface area contributed by atoms with E-state index in [4.69, 9.17) is 16.3 Å². The van der Waals surface area contributed by atoms with Gasteiger partial charge in [0.15, 0.2) is 0 Å². The molecule has 0 aliphatic carbocycles. The van der Waals surface area contributed by atoms with Crippen LogP contribution in [0.1, 0.15) is 24.0 Å². The molecule has 0 bridgehead atoms. The summed E-state index contributed by atoms with van der Waals surface area (Å²) in [5.74, 6) is 0.750. The Morgan fingerprint density at radius 2 is 2.00 bits per heavy atom. The Morgan fingerprint density at radius 3 is 2.68 bits per heavy atom. The molecule has 138 valence electrons. The molecule has 0 unspecified atom stereocenters. The Kier molecular flexibility index (Phi) is 5.83. The van der Waals surface area contributed by atoms with Crippen molar-refractivity contribution in [1.82, 2.24) is 9.88 Å². The van der Waals surface area contributed by atoms with Crippen LogP contribution in [0.25, 0.3) is 0 Å². The van der Waals surface area contributed by atoms with Gasteiger partial charge >= 0.3 is 0 Å². The number of carbonyl (C=O) groups excluding carboxylic acids is 1. The molecular formula is C18H28ClN3O2Si. The number of rotatable bonds is 7. The number of aromatic nitrogens is 1. The summed E-state index contributed by atoms with van der Waals surface area (Å²) in [6.45, 7) is 11.0. The first-order chi connectivity index (χ1) is 11.8. The van der Waals surface area contributed by atoms with Gasteiger partial charge in [0.2, 0.25) is 5.91 Å². The van der Waals surface area contributed by atoms with Crippen molar-refractivity contribution in [2.75, 3.05) is 31.3 Å². The molecule has 7 heteroatoms. The van der Waals surface area contributed by atoms with Gasteiger partial charge in [-0.25, -0.2) is 4.98 Å². The van der Waals surface area contributed by atoms with Crippen molar-refractivity contribution in [2.45, 2.75) is 51.5 Å². The molecule has 1 aromatic rings. The van der Waals surface area contributed by atoms with Crippen molar-refractivity contribution < 1.29 is 9.53 Å². The summed E-state index contributed by atoms with van der Waals surface area (Å²) in [5, 5.41) is 0.453. The Bertz CT molecular complexity index is 642. The van der Waals surface area contributed by atoms with Gasteiger partial charge in [0.25, 0.3) is 0 Å². The minimum Gasteiger partial charge on any atom is -0.361 e. The predicted octanol–water partition coefficient (Wildman–Crippen LogP) is 3.53. The van der Waals surface area contributed by atoms with Crippen molar-refractivity contribution in [1.29, 1.82) is 0 Å². The highest BCUT2D eigenvalue weighted by Gasteiger charge is 2.32. The molecule has 1 saturated heterocycles. The standard InChI is InChI=1S/C18H28ClN3O2Si/c1-25(2,3)9-8-24-13-22-17(23)11-15-14(10-16(19)20-18(15)22)12-21-6-4-5-7-21/h10H,4-9,11-13H2,1-3H3. The first-order valence-electron chi connectivity index (χ1n) is 9.12. The number of fused-ring (bicyclic) bond motifs is 1. The first-order valence-corrected chi connectivity index (χ1v) is 13.2. The fraction of sp³-hybridized carbons (Fsp3) is 0.667. The van der Waals surface area contributed by atoms with Crippen LogP contribution in [0, 0.1) is 0 Å². The molecule has 0 spiro atoms. The Balaban J connectivity index is 1.70. The minimum absolute atomic E-state index is 0.0560. The highest BCUT2D eigenvalue weighted by atomic mass is 35.5. The van der Waals surface area contributed by atoms with Gasteiger partial charge in [-0.2, -0.15) is 0 Å². The predicted molar refractivity (Wildman–Crippen MR) is 104 cm³/mol. The number of nitrogens with zero attached hydrogens (tertiary/aromatic N) is 3. The van der Waals surface area contributed by atoms with Gasteiger partial charge in [-0.3, -0.25) is 14.6 Å². The van der Waals surface area contributed by atoms with E-state index in [1.165, 1.54) is 12.8 Å². The molecule has 2 aliphatic rings. The van der Waals surface area contributed by atoms with Gasteiger partial charge in [0, 0.05) is 26.8 Å². The zero-order valence-electron chi connectivity index (χ0n) is 15.5. The monoisotopic (exact) mass is 381 g/mol. The third-order valence-corrected chi connectivity index (χ3v) is 6.76. The minimum atomic E-state index is -1.13. The van der Waals surface area contributed by atoms with Gasteiger partial charge in [0.1, 0.15) is 17.7 Å². The lowest BCUT2D eigenvalue weighted by Gasteiger charge is -2.20. The van der Waals surface area contributed by atoms with Crippen LogP contribution in [-0.4, -0.2) is 50.3 Å². The zero-order valence-corrected chi connectivity index (χ0v) is 17.2. The van der Waals surface area contributed by atoms with Crippen LogP contribution in [0.15, 0.2) is 6.07 Å². The maximum atomic E-state index is 12.5. The number of anilines is 1. The van der Waals surface area contributed by atoms with E-state index in [0.717, 1.165) is 36.8 Å². The number of halogens is 1. The number of ether oxygens (including phenoxy) is 1. The van der Waals surface area contributed by atoms with E-state index in [-0.39, 0.29) is 12.6 Å². The average molecular weight is 382 g/mol. The second-order valence-electron chi connectivity index (χ2n) is 8.24. The lowest BCUT2D eigenvalue weighted by molar-refractivity contribution is -0.118. The molecule has 5 nitrogen and oxygen atoms in total. The number of carbonyl (C=O) groups is 1. The average Bonchev–Trinajstić information content (AvgIpc) is 3.11. The molecule has 1 fully saturated rings. The number of hydrogen-bond donors (Lipinski definition) is 0. The van der Waals surface area contributed by atoms with Crippen molar-refractivity contribution in [3.05, 3.63) is 22.3 Å².